The number of carbonyl (C=O) groups is 1. The number of hydrogen-bond acceptors (Lipinski definition) is 6. The lowest BCUT2D eigenvalue weighted by atomic mass is 10.1. The number of methoxy groups -OCH3 is 1. The maximum absolute atomic E-state index is 13.1. The minimum Gasteiger partial charge on any atom is -0.434 e. The summed E-state index contributed by atoms with van der Waals surface area (Å²) >= 11 is 1.07. The van der Waals surface area contributed by atoms with Gasteiger partial charge in [0.05, 0.1) is 34.9 Å². The van der Waals surface area contributed by atoms with E-state index in [9.17, 15) is 18.4 Å². The largest absolute Gasteiger partial charge is 0.434 e. The molecule has 0 fully saturated rings. The number of para-hydroxylation sites is 1. The van der Waals surface area contributed by atoms with Gasteiger partial charge in [-0.05, 0) is 38.1 Å². The Morgan fingerprint density at radius 3 is 2.68 bits per heavy atom. The Kier molecular flexibility index (Phi) is 7.40. The van der Waals surface area contributed by atoms with Gasteiger partial charge in [-0.25, -0.2) is 4.98 Å². The molecule has 0 aliphatic heterocycles. The van der Waals surface area contributed by atoms with Gasteiger partial charge in [-0.15, -0.1) is 0 Å². The molecule has 0 bridgehead atoms. The van der Waals surface area contributed by atoms with Gasteiger partial charge in [-0.3, -0.25) is 14.2 Å². The smallest absolute Gasteiger partial charge is 0.387 e. The molecule has 6 nitrogen and oxygen atoms in total. The molecule has 1 atom stereocenters. The van der Waals surface area contributed by atoms with E-state index >= 15 is 0 Å². The zero-order valence-electron chi connectivity index (χ0n) is 17.3. The molecule has 164 valence electrons. The summed E-state index contributed by atoms with van der Waals surface area (Å²) in [5.74, 6) is -0.686. The number of benzene rings is 2. The first-order valence-electron chi connectivity index (χ1n) is 9.53. The van der Waals surface area contributed by atoms with E-state index in [1.807, 2.05) is 6.92 Å². The van der Waals surface area contributed by atoms with Crippen molar-refractivity contribution in [1.29, 1.82) is 0 Å². The van der Waals surface area contributed by atoms with E-state index in [0.29, 0.717) is 16.1 Å². The third-order valence-electron chi connectivity index (χ3n) is 4.61. The summed E-state index contributed by atoms with van der Waals surface area (Å²) < 4.78 is 36.6. The second-order valence-electron chi connectivity index (χ2n) is 6.98. The molecular weight excluding hydrogens is 426 g/mol. The van der Waals surface area contributed by atoms with Crippen molar-refractivity contribution < 1.29 is 23.0 Å². The molecule has 0 aliphatic carbocycles. The summed E-state index contributed by atoms with van der Waals surface area (Å²) in [5, 5.41) is 0.818. The van der Waals surface area contributed by atoms with Crippen molar-refractivity contribution in [2.24, 2.45) is 0 Å². The first-order valence-corrected chi connectivity index (χ1v) is 10.5. The maximum atomic E-state index is 13.1. The van der Waals surface area contributed by atoms with E-state index in [1.54, 1.807) is 37.3 Å². The molecule has 1 heterocycles. The first-order chi connectivity index (χ1) is 14.8. The van der Waals surface area contributed by atoms with Crippen LogP contribution in [0.4, 0.5) is 8.78 Å². The molecule has 3 rings (SSSR count). The zero-order chi connectivity index (χ0) is 22.5. The number of aromatic nitrogens is 2. The molecule has 0 saturated carbocycles. The number of ether oxygens (including phenoxy) is 2. The quantitative estimate of drug-likeness (QED) is 0.273. The fraction of sp³-hybridized carbons (Fsp3) is 0.318. The predicted molar refractivity (Wildman–Crippen MR) is 115 cm³/mol. The Morgan fingerprint density at radius 1 is 1.23 bits per heavy atom. The van der Waals surface area contributed by atoms with Crippen LogP contribution >= 0.6 is 11.8 Å². The van der Waals surface area contributed by atoms with Gasteiger partial charge in [-0.2, -0.15) is 8.78 Å². The summed E-state index contributed by atoms with van der Waals surface area (Å²) in [7, 11) is 1.54. The molecular formula is C22H22F2N2O4S. The first kappa shape index (κ1) is 22.9. The van der Waals surface area contributed by atoms with Crippen molar-refractivity contribution in [3.63, 3.8) is 0 Å². The third-order valence-corrected chi connectivity index (χ3v) is 5.56. The number of alkyl halides is 2. The summed E-state index contributed by atoms with van der Waals surface area (Å²) in [5.41, 5.74) is 1.08. The highest BCUT2D eigenvalue weighted by Gasteiger charge is 2.20. The number of hydrogen-bond donors (Lipinski definition) is 0. The van der Waals surface area contributed by atoms with Gasteiger partial charge in [0.25, 0.3) is 5.56 Å². The van der Waals surface area contributed by atoms with Crippen molar-refractivity contribution in [3.05, 3.63) is 63.9 Å². The summed E-state index contributed by atoms with van der Waals surface area (Å²) in [4.78, 5) is 30.5. The average molecular weight is 448 g/mol. The highest BCUT2D eigenvalue weighted by Crippen LogP contribution is 2.26. The highest BCUT2D eigenvalue weighted by molar-refractivity contribution is 7.99. The van der Waals surface area contributed by atoms with Crippen LogP contribution in [0.3, 0.4) is 0 Å². The Bertz CT molecular complexity index is 1150. The van der Waals surface area contributed by atoms with Crippen LogP contribution in [0.5, 0.6) is 5.75 Å². The fourth-order valence-electron chi connectivity index (χ4n) is 3.20. The van der Waals surface area contributed by atoms with E-state index in [-0.39, 0.29) is 35.3 Å². The molecule has 0 amide bonds. The minimum atomic E-state index is -3.04. The average Bonchev–Trinajstić information content (AvgIpc) is 2.73. The number of rotatable bonds is 9. The number of carbonyl (C=O) groups excluding carboxylic acids is 1. The number of aryl methyl sites for hydroxylation is 1. The van der Waals surface area contributed by atoms with Crippen LogP contribution in [-0.4, -0.2) is 41.4 Å². The van der Waals surface area contributed by atoms with E-state index in [0.717, 1.165) is 17.3 Å². The summed E-state index contributed by atoms with van der Waals surface area (Å²) in [6.45, 7) is 0.822. The lowest BCUT2D eigenvalue weighted by molar-refractivity contribution is -0.0501. The number of Topliss-reactive ketones (excluding diaryl/α,β-unsaturated/α-hetero) is 1. The number of thioether (sulfide) groups is 1. The van der Waals surface area contributed by atoms with Gasteiger partial charge in [0.2, 0.25) is 0 Å². The molecule has 0 radical (unpaired) electrons. The zero-order valence-corrected chi connectivity index (χ0v) is 18.1. The number of nitrogens with zero attached hydrogens (tertiary/aromatic N) is 2. The monoisotopic (exact) mass is 448 g/mol. The summed E-state index contributed by atoms with van der Waals surface area (Å²) in [6, 6.07) is 11.1. The summed E-state index contributed by atoms with van der Waals surface area (Å²) in [6.07, 6.45) is 0. The Balaban J connectivity index is 1.95. The molecule has 0 aliphatic rings. The molecule has 1 aromatic heterocycles. The fourth-order valence-corrected chi connectivity index (χ4v) is 4.18. The number of fused-ring (bicyclic) bond motifs is 1. The molecule has 3 aromatic rings. The van der Waals surface area contributed by atoms with Gasteiger partial charge < -0.3 is 9.47 Å². The van der Waals surface area contributed by atoms with Crippen molar-refractivity contribution >= 4 is 28.4 Å². The second kappa shape index (κ2) is 10.0. The molecule has 0 N–H and O–H groups in total. The molecule has 31 heavy (non-hydrogen) atoms. The standard InChI is InChI=1S/C22H22F2N2O4S/c1-13-8-9-19(30-21(23)24)16(10-13)18(27)12-31-22-25-17-7-5-4-6-15(17)20(28)26(22)14(2)11-29-3/h4-10,14,21H,11-12H2,1-3H3. The molecule has 2 aromatic carbocycles. The predicted octanol–water partition coefficient (Wildman–Crippen LogP) is 4.49. The van der Waals surface area contributed by atoms with Gasteiger partial charge in [0.1, 0.15) is 5.75 Å². The Morgan fingerprint density at radius 2 is 1.97 bits per heavy atom. The van der Waals surface area contributed by atoms with Crippen LogP contribution in [0.15, 0.2) is 52.4 Å². The molecule has 0 spiro atoms. The minimum absolute atomic E-state index is 0.0624. The van der Waals surface area contributed by atoms with E-state index in [1.165, 1.54) is 23.8 Å². The van der Waals surface area contributed by atoms with Gasteiger partial charge in [0, 0.05) is 7.11 Å². The lowest BCUT2D eigenvalue weighted by Crippen LogP contribution is -2.28. The van der Waals surface area contributed by atoms with E-state index in [2.05, 4.69) is 9.72 Å². The maximum Gasteiger partial charge on any atom is 0.387 e. The van der Waals surface area contributed by atoms with Gasteiger partial charge in [-0.1, -0.05) is 35.5 Å². The highest BCUT2D eigenvalue weighted by atomic mass is 32.2. The topological polar surface area (TPSA) is 70.4 Å². The Labute approximate surface area is 182 Å². The van der Waals surface area contributed by atoms with Crippen molar-refractivity contribution in [2.45, 2.75) is 31.7 Å². The van der Waals surface area contributed by atoms with E-state index in [4.69, 9.17) is 4.74 Å². The third kappa shape index (κ3) is 5.29. The van der Waals surface area contributed by atoms with Crippen molar-refractivity contribution in [2.75, 3.05) is 19.5 Å². The van der Waals surface area contributed by atoms with E-state index < -0.39 is 12.4 Å². The van der Waals surface area contributed by atoms with Crippen LogP contribution in [-0.2, 0) is 4.74 Å². The van der Waals surface area contributed by atoms with Crippen LogP contribution in [0.25, 0.3) is 10.9 Å². The van der Waals surface area contributed by atoms with Crippen LogP contribution in [0.2, 0.25) is 0 Å². The normalized spacial score (nSPS) is 12.3. The Hall–Kier alpha value is -2.78. The molecule has 0 saturated heterocycles. The van der Waals surface area contributed by atoms with Gasteiger partial charge in [0.15, 0.2) is 10.9 Å². The van der Waals surface area contributed by atoms with Crippen LogP contribution < -0.4 is 10.3 Å². The van der Waals surface area contributed by atoms with Crippen LogP contribution in [0, 0.1) is 6.92 Å². The molecule has 9 heteroatoms. The van der Waals surface area contributed by atoms with Gasteiger partial charge >= 0.3 is 6.61 Å². The second-order valence-corrected chi connectivity index (χ2v) is 7.92. The number of ketones is 1. The van der Waals surface area contributed by atoms with Crippen molar-refractivity contribution in [3.8, 4) is 5.75 Å². The SMILES string of the molecule is COCC(C)n1c(SCC(=O)c2cc(C)ccc2OC(F)F)nc2ccccc2c1=O. The number of halogens is 2. The van der Waals surface area contributed by atoms with Crippen molar-refractivity contribution in [1.82, 2.24) is 9.55 Å². The lowest BCUT2D eigenvalue weighted by Gasteiger charge is -2.19. The van der Waals surface area contributed by atoms with Crippen LogP contribution in [0.1, 0.15) is 28.9 Å². The molecule has 1 unspecified atom stereocenters.